The van der Waals surface area contributed by atoms with E-state index in [9.17, 15) is 15.0 Å². The van der Waals surface area contributed by atoms with Crippen LogP contribution in [0.3, 0.4) is 0 Å². The highest BCUT2D eigenvalue weighted by Gasteiger charge is 2.29. The fourth-order valence-electron chi connectivity index (χ4n) is 3.40. The first-order chi connectivity index (χ1) is 13.4. The number of anilines is 2. The molecule has 8 heteroatoms. The quantitative estimate of drug-likeness (QED) is 0.643. The van der Waals surface area contributed by atoms with Crippen LogP contribution in [0.15, 0.2) is 42.7 Å². The van der Waals surface area contributed by atoms with Crippen molar-refractivity contribution in [1.29, 1.82) is 0 Å². The van der Waals surface area contributed by atoms with Crippen molar-refractivity contribution in [3.05, 3.63) is 59.5 Å². The largest absolute Gasteiger partial charge is 0.508 e. The summed E-state index contributed by atoms with van der Waals surface area (Å²) in [5.74, 6) is -0.111. The van der Waals surface area contributed by atoms with E-state index in [2.05, 4.69) is 15.4 Å². The number of aromatic nitrogens is 3. The number of hydrogen-bond acceptors (Lipinski definition) is 6. The average molecular weight is 379 g/mol. The summed E-state index contributed by atoms with van der Waals surface area (Å²) >= 11 is 0. The molecule has 0 saturated heterocycles. The molecular weight excluding hydrogens is 358 g/mol. The predicted molar refractivity (Wildman–Crippen MR) is 103 cm³/mol. The van der Waals surface area contributed by atoms with E-state index in [0.29, 0.717) is 24.6 Å². The minimum Gasteiger partial charge on any atom is -0.508 e. The highest BCUT2D eigenvalue weighted by molar-refractivity contribution is 6.03. The molecule has 0 bridgehead atoms. The van der Waals surface area contributed by atoms with Gasteiger partial charge < -0.3 is 20.4 Å². The number of pyridine rings is 1. The SMILES string of the molecule is CC(C)n1nccc1Nc1cc(O)cc(O)c1C(=O)N1Cc2cccnc2C1. The molecule has 1 aliphatic rings. The van der Waals surface area contributed by atoms with Crippen LogP contribution in [0, 0.1) is 0 Å². The van der Waals surface area contributed by atoms with Gasteiger partial charge in [-0.3, -0.25) is 9.78 Å². The van der Waals surface area contributed by atoms with Gasteiger partial charge in [-0.2, -0.15) is 5.10 Å². The Morgan fingerprint density at radius 3 is 2.75 bits per heavy atom. The van der Waals surface area contributed by atoms with E-state index in [-0.39, 0.29) is 29.0 Å². The van der Waals surface area contributed by atoms with Crippen molar-refractivity contribution in [3.8, 4) is 11.5 Å². The lowest BCUT2D eigenvalue weighted by Crippen LogP contribution is -2.26. The maximum absolute atomic E-state index is 13.2. The van der Waals surface area contributed by atoms with Crippen molar-refractivity contribution >= 4 is 17.4 Å². The first-order valence-corrected chi connectivity index (χ1v) is 9.02. The third-order valence-corrected chi connectivity index (χ3v) is 4.71. The summed E-state index contributed by atoms with van der Waals surface area (Å²) in [5, 5.41) is 27.8. The average Bonchev–Trinajstić information content (AvgIpc) is 3.27. The third kappa shape index (κ3) is 3.13. The Labute approximate surface area is 162 Å². The zero-order valence-corrected chi connectivity index (χ0v) is 15.6. The highest BCUT2D eigenvalue weighted by Crippen LogP contribution is 2.36. The predicted octanol–water partition coefficient (Wildman–Crippen LogP) is 3.17. The molecule has 0 aliphatic carbocycles. The van der Waals surface area contributed by atoms with Gasteiger partial charge in [0.05, 0.1) is 24.1 Å². The van der Waals surface area contributed by atoms with E-state index in [1.807, 2.05) is 26.0 Å². The minimum atomic E-state index is -0.339. The Hall–Kier alpha value is -3.55. The van der Waals surface area contributed by atoms with E-state index in [0.717, 1.165) is 11.3 Å². The number of aromatic hydroxyl groups is 2. The van der Waals surface area contributed by atoms with Gasteiger partial charge in [-0.1, -0.05) is 6.07 Å². The van der Waals surface area contributed by atoms with Crippen LogP contribution in [0.1, 0.15) is 41.5 Å². The highest BCUT2D eigenvalue weighted by atomic mass is 16.3. The van der Waals surface area contributed by atoms with Gasteiger partial charge in [0, 0.05) is 37.0 Å². The van der Waals surface area contributed by atoms with Crippen LogP contribution < -0.4 is 5.32 Å². The van der Waals surface area contributed by atoms with Crippen LogP contribution in [0.2, 0.25) is 0 Å². The van der Waals surface area contributed by atoms with Crippen LogP contribution in [-0.4, -0.2) is 35.8 Å². The summed E-state index contributed by atoms with van der Waals surface area (Å²) in [5.41, 5.74) is 2.25. The number of nitrogens with zero attached hydrogens (tertiary/aromatic N) is 4. The van der Waals surface area contributed by atoms with E-state index < -0.39 is 0 Å². The van der Waals surface area contributed by atoms with Crippen molar-refractivity contribution in [2.75, 3.05) is 5.32 Å². The van der Waals surface area contributed by atoms with Crippen LogP contribution in [0.4, 0.5) is 11.5 Å². The minimum absolute atomic E-state index is 0.0988. The molecule has 3 heterocycles. The number of rotatable bonds is 4. The molecule has 0 radical (unpaired) electrons. The first-order valence-electron chi connectivity index (χ1n) is 9.02. The van der Waals surface area contributed by atoms with E-state index in [1.165, 1.54) is 12.1 Å². The molecule has 1 amide bonds. The summed E-state index contributed by atoms with van der Waals surface area (Å²) in [6.45, 7) is 4.77. The number of nitrogens with one attached hydrogen (secondary N) is 1. The molecular formula is C20H21N5O3. The van der Waals surface area contributed by atoms with Crippen LogP contribution in [0.25, 0.3) is 0 Å². The van der Waals surface area contributed by atoms with Crippen molar-refractivity contribution in [2.24, 2.45) is 0 Å². The summed E-state index contributed by atoms with van der Waals surface area (Å²) in [6, 6.07) is 8.23. The summed E-state index contributed by atoms with van der Waals surface area (Å²) in [7, 11) is 0. The molecule has 1 aromatic carbocycles. The molecule has 0 saturated carbocycles. The Morgan fingerprint density at radius 1 is 1.18 bits per heavy atom. The molecule has 0 spiro atoms. The number of amides is 1. The van der Waals surface area contributed by atoms with Gasteiger partial charge in [-0.25, -0.2) is 4.68 Å². The molecule has 3 N–H and O–H groups in total. The molecule has 2 aromatic heterocycles. The summed E-state index contributed by atoms with van der Waals surface area (Å²) in [6.07, 6.45) is 3.35. The second kappa shape index (κ2) is 6.88. The van der Waals surface area contributed by atoms with Gasteiger partial charge in [0.25, 0.3) is 5.91 Å². The Balaban J connectivity index is 1.69. The number of phenolic OH excluding ortho intramolecular Hbond substituents is 2. The lowest BCUT2D eigenvalue weighted by molar-refractivity contribution is 0.0748. The molecule has 144 valence electrons. The fraction of sp³-hybridized carbons (Fsp3) is 0.250. The maximum atomic E-state index is 13.2. The number of hydrogen-bond donors (Lipinski definition) is 3. The number of benzene rings is 1. The van der Waals surface area contributed by atoms with E-state index >= 15 is 0 Å². The number of carbonyl (C=O) groups excluding carboxylic acids is 1. The standard InChI is InChI=1S/C20H21N5O3/c1-12(2)25-18(5-7-22-25)23-15-8-14(26)9-17(27)19(15)20(28)24-10-13-4-3-6-21-16(13)11-24/h3-9,12,23,26-27H,10-11H2,1-2H3. The van der Waals surface area contributed by atoms with Crippen molar-refractivity contribution in [2.45, 2.75) is 33.0 Å². The fourth-order valence-corrected chi connectivity index (χ4v) is 3.40. The Kier molecular flexibility index (Phi) is 4.38. The van der Waals surface area contributed by atoms with E-state index in [4.69, 9.17) is 0 Å². The molecule has 3 aromatic rings. The number of phenols is 2. The molecule has 8 nitrogen and oxygen atoms in total. The van der Waals surface area contributed by atoms with Gasteiger partial charge in [0.15, 0.2) is 0 Å². The van der Waals surface area contributed by atoms with Crippen LogP contribution >= 0.6 is 0 Å². The number of fused-ring (bicyclic) bond motifs is 1. The zero-order chi connectivity index (χ0) is 19.8. The third-order valence-electron chi connectivity index (χ3n) is 4.71. The molecule has 1 aliphatic heterocycles. The molecule has 0 unspecified atom stereocenters. The zero-order valence-electron chi connectivity index (χ0n) is 15.6. The smallest absolute Gasteiger partial charge is 0.260 e. The Bertz CT molecular complexity index is 1020. The van der Waals surface area contributed by atoms with Gasteiger partial charge in [-0.05, 0) is 25.5 Å². The van der Waals surface area contributed by atoms with Crippen LogP contribution in [-0.2, 0) is 13.1 Å². The van der Waals surface area contributed by atoms with Gasteiger partial charge >= 0.3 is 0 Å². The van der Waals surface area contributed by atoms with Crippen LogP contribution in [0.5, 0.6) is 11.5 Å². The monoisotopic (exact) mass is 379 g/mol. The molecule has 4 rings (SSSR count). The molecule has 0 fully saturated rings. The summed E-state index contributed by atoms with van der Waals surface area (Å²) in [4.78, 5) is 19.1. The van der Waals surface area contributed by atoms with Crippen molar-refractivity contribution in [3.63, 3.8) is 0 Å². The van der Waals surface area contributed by atoms with Gasteiger partial charge in [-0.15, -0.1) is 0 Å². The van der Waals surface area contributed by atoms with Gasteiger partial charge in [0.1, 0.15) is 22.9 Å². The molecule has 28 heavy (non-hydrogen) atoms. The lowest BCUT2D eigenvalue weighted by atomic mass is 10.1. The second-order valence-corrected chi connectivity index (χ2v) is 7.04. The topological polar surface area (TPSA) is 104 Å². The maximum Gasteiger partial charge on any atom is 0.260 e. The first kappa shape index (κ1) is 17.8. The number of carbonyl (C=O) groups is 1. The van der Waals surface area contributed by atoms with Crippen molar-refractivity contribution in [1.82, 2.24) is 19.7 Å². The second-order valence-electron chi connectivity index (χ2n) is 7.04. The normalized spacial score (nSPS) is 13.0. The Morgan fingerprint density at radius 2 is 2.00 bits per heavy atom. The van der Waals surface area contributed by atoms with Crippen molar-refractivity contribution < 1.29 is 15.0 Å². The summed E-state index contributed by atoms with van der Waals surface area (Å²) < 4.78 is 1.75. The van der Waals surface area contributed by atoms with Gasteiger partial charge in [0.2, 0.25) is 0 Å². The molecule has 0 atom stereocenters. The van der Waals surface area contributed by atoms with E-state index in [1.54, 1.807) is 28.0 Å². The lowest BCUT2D eigenvalue weighted by Gasteiger charge is -2.20.